The lowest BCUT2D eigenvalue weighted by atomic mass is 10.1. The van der Waals surface area contributed by atoms with Gasteiger partial charge in [0.2, 0.25) is 0 Å². The largest absolute Gasteiger partial charge is 0.376 e. The van der Waals surface area contributed by atoms with Gasteiger partial charge in [-0.1, -0.05) is 17.7 Å². The number of carbonyl (C=O) groups excluding carboxylic acids is 1. The highest BCUT2D eigenvalue weighted by atomic mass is 32.2. The van der Waals surface area contributed by atoms with Crippen molar-refractivity contribution in [3.8, 4) is 0 Å². The quantitative estimate of drug-likeness (QED) is 0.572. The van der Waals surface area contributed by atoms with E-state index in [0.29, 0.717) is 23.4 Å². The van der Waals surface area contributed by atoms with Crippen LogP contribution in [0.3, 0.4) is 0 Å². The first kappa shape index (κ1) is 23.5. The van der Waals surface area contributed by atoms with Crippen LogP contribution in [0.1, 0.15) is 34.3 Å². The minimum Gasteiger partial charge on any atom is -0.376 e. The molecule has 2 fully saturated rings. The van der Waals surface area contributed by atoms with Gasteiger partial charge >= 0.3 is 0 Å². The predicted molar refractivity (Wildman–Crippen MR) is 130 cm³/mol. The number of ether oxygens (including phenoxy) is 1. The van der Waals surface area contributed by atoms with Crippen LogP contribution >= 0.6 is 0 Å². The van der Waals surface area contributed by atoms with Crippen molar-refractivity contribution in [2.24, 2.45) is 0 Å². The number of aryl methyl sites for hydroxylation is 2. The molecule has 2 aromatic rings. The van der Waals surface area contributed by atoms with Gasteiger partial charge in [0.25, 0.3) is 15.9 Å². The molecule has 8 nitrogen and oxygen atoms in total. The zero-order valence-electron chi connectivity index (χ0n) is 19.2. The van der Waals surface area contributed by atoms with Gasteiger partial charge in [0.15, 0.2) is 0 Å². The molecule has 0 aliphatic carbocycles. The first-order valence-electron chi connectivity index (χ1n) is 11.4. The highest BCUT2D eigenvalue weighted by Gasteiger charge is 2.23. The van der Waals surface area contributed by atoms with Crippen molar-refractivity contribution in [1.82, 2.24) is 10.6 Å². The Labute approximate surface area is 195 Å². The highest BCUT2D eigenvalue weighted by Crippen LogP contribution is 2.31. The summed E-state index contributed by atoms with van der Waals surface area (Å²) in [7, 11) is -3.83. The fourth-order valence-corrected chi connectivity index (χ4v) is 5.65. The van der Waals surface area contributed by atoms with Gasteiger partial charge in [0.1, 0.15) is 0 Å². The molecule has 0 aromatic heterocycles. The molecule has 2 saturated heterocycles. The molecular weight excluding hydrogens is 440 g/mol. The monoisotopic (exact) mass is 472 g/mol. The van der Waals surface area contributed by atoms with Crippen molar-refractivity contribution < 1.29 is 17.9 Å². The summed E-state index contributed by atoms with van der Waals surface area (Å²) in [4.78, 5) is 15.2. The number of benzene rings is 2. The van der Waals surface area contributed by atoms with Gasteiger partial charge in [-0.05, 0) is 56.5 Å². The Kier molecular flexibility index (Phi) is 7.21. The van der Waals surface area contributed by atoms with Gasteiger partial charge in [-0.3, -0.25) is 9.52 Å². The van der Waals surface area contributed by atoms with Gasteiger partial charge in [-0.2, -0.15) is 0 Å². The third-order valence-corrected chi connectivity index (χ3v) is 7.62. The normalized spacial score (nSPS) is 18.8. The molecule has 4 rings (SSSR count). The number of nitrogens with one attached hydrogen (secondary N) is 3. The molecule has 33 heavy (non-hydrogen) atoms. The number of hydrogen-bond acceptors (Lipinski definition) is 6. The summed E-state index contributed by atoms with van der Waals surface area (Å²) in [5.41, 5.74) is 3.25. The SMILES string of the molecule is Cc1ccc(S(=O)(=O)Nc2cc(C(=O)NC[C@@H]3CCCO3)ccc2N2CCNCC2)c(C)c1. The Morgan fingerprint density at radius 3 is 2.64 bits per heavy atom. The van der Waals surface area contributed by atoms with Crippen molar-refractivity contribution in [3.63, 3.8) is 0 Å². The summed E-state index contributed by atoms with van der Waals surface area (Å²) in [6.07, 6.45) is 1.98. The van der Waals surface area contributed by atoms with Crippen LogP contribution in [0, 0.1) is 13.8 Å². The molecule has 9 heteroatoms. The Hall–Kier alpha value is -2.62. The van der Waals surface area contributed by atoms with Gasteiger partial charge in [-0.25, -0.2) is 8.42 Å². The molecule has 1 amide bonds. The maximum Gasteiger partial charge on any atom is 0.262 e. The minimum atomic E-state index is -3.83. The topological polar surface area (TPSA) is 99.8 Å². The standard InChI is InChI=1S/C24H32N4O4S/c1-17-5-8-23(18(2)14-17)33(30,31)27-21-15-19(24(29)26-16-20-4-3-13-32-20)6-7-22(21)28-11-9-25-10-12-28/h5-8,14-15,20,25,27H,3-4,9-13,16H2,1-2H3,(H,26,29)/t20-/m0/s1. The van der Waals surface area contributed by atoms with E-state index in [2.05, 4.69) is 20.3 Å². The van der Waals surface area contributed by atoms with Crippen LogP contribution in [0.5, 0.6) is 0 Å². The third-order valence-electron chi connectivity index (χ3n) is 6.09. The molecule has 0 bridgehead atoms. The summed E-state index contributed by atoms with van der Waals surface area (Å²) in [6, 6.07) is 10.5. The summed E-state index contributed by atoms with van der Waals surface area (Å²) < 4.78 is 34.9. The van der Waals surface area contributed by atoms with Crippen molar-refractivity contribution >= 4 is 27.3 Å². The van der Waals surface area contributed by atoms with E-state index in [-0.39, 0.29) is 16.9 Å². The molecule has 178 valence electrons. The number of nitrogens with zero attached hydrogens (tertiary/aromatic N) is 1. The van der Waals surface area contributed by atoms with Crippen LogP contribution in [-0.4, -0.2) is 59.8 Å². The number of hydrogen-bond donors (Lipinski definition) is 3. The van der Waals surface area contributed by atoms with Crippen molar-refractivity contribution in [3.05, 3.63) is 53.1 Å². The molecule has 0 radical (unpaired) electrons. The predicted octanol–water partition coefficient (Wildman–Crippen LogP) is 2.42. The number of amides is 1. The zero-order chi connectivity index (χ0) is 23.4. The molecule has 0 unspecified atom stereocenters. The van der Waals surface area contributed by atoms with Gasteiger partial charge < -0.3 is 20.3 Å². The molecular formula is C24H32N4O4S. The first-order chi connectivity index (χ1) is 15.8. The van der Waals surface area contributed by atoms with E-state index < -0.39 is 10.0 Å². The van der Waals surface area contributed by atoms with Gasteiger partial charge in [0, 0.05) is 44.9 Å². The smallest absolute Gasteiger partial charge is 0.262 e. The summed E-state index contributed by atoms with van der Waals surface area (Å²) >= 11 is 0. The molecule has 2 aliphatic rings. The fraction of sp³-hybridized carbons (Fsp3) is 0.458. The van der Waals surface area contributed by atoms with Crippen LogP contribution < -0.4 is 20.3 Å². The van der Waals surface area contributed by atoms with E-state index in [0.717, 1.165) is 56.9 Å². The van der Waals surface area contributed by atoms with E-state index >= 15 is 0 Å². The fourth-order valence-electron chi connectivity index (χ4n) is 4.36. The Bertz CT molecular complexity index is 1110. The molecule has 0 saturated carbocycles. The lowest BCUT2D eigenvalue weighted by Gasteiger charge is -2.31. The second kappa shape index (κ2) is 10.1. The van der Waals surface area contributed by atoms with E-state index in [4.69, 9.17) is 4.74 Å². The number of sulfonamides is 1. The highest BCUT2D eigenvalue weighted by molar-refractivity contribution is 7.92. The van der Waals surface area contributed by atoms with E-state index in [9.17, 15) is 13.2 Å². The second-order valence-electron chi connectivity index (χ2n) is 8.69. The molecule has 1 atom stereocenters. The lowest BCUT2D eigenvalue weighted by molar-refractivity contribution is 0.0858. The number of anilines is 2. The number of rotatable bonds is 7. The van der Waals surface area contributed by atoms with E-state index in [1.54, 1.807) is 31.2 Å². The molecule has 2 aromatic carbocycles. The summed E-state index contributed by atoms with van der Waals surface area (Å²) in [6.45, 7) is 8.02. The van der Waals surface area contributed by atoms with E-state index in [1.165, 1.54) is 0 Å². The summed E-state index contributed by atoms with van der Waals surface area (Å²) in [5, 5.41) is 6.22. The Balaban J connectivity index is 1.62. The van der Waals surface area contributed by atoms with Crippen molar-refractivity contribution in [2.75, 3.05) is 49.0 Å². The Morgan fingerprint density at radius 1 is 1.15 bits per heavy atom. The van der Waals surface area contributed by atoms with Gasteiger partial charge in [0.05, 0.1) is 22.4 Å². The average Bonchev–Trinajstić information content (AvgIpc) is 3.31. The molecule has 2 heterocycles. The number of piperazine rings is 1. The van der Waals surface area contributed by atoms with Crippen LogP contribution in [0.2, 0.25) is 0 Å². The number of carbonyl (C=O) groups is 1. The van der Waals surface area contributed by atoms with E-state index in [1.807, 2.05) is 19.1 Å². The van der Waals surface area contributed by atoms with Gasteiger partial charge in [-0.15, -0.1) is 0 Å². The second-order valence-corrected chi connectivity index (χ2v) is 10.3. The maximum absolute atomic E-state index is 13.3. The summed E-state index contributed by atoms with van der Waals surface area (Å²) in [5.74, 6) is -0.246. The minimum absolute atomic E-state index is 0.0385. The molecule has 2 aliphatic heterocycles. The third kappa shape index (κ3) is 5.66. The van der Waals surface area contributed by atoms with Crippen LogP contribution in [-0.2, 0) is 14.8 Å². The lowest BCUT2D eigenvalue weighted by Crippen LogP contribution is -2.43. The van der Waals surface area contributed by atoms with Crippen LogP contribution in [0.15, 0.2) is 41.3 Å². The van der Waals surface area contributed by atoms with Crippen molar-refractivity contribution in [1.29, 1.82) is 0 Å². The van der Waals surface area contributed by atoms with Crippen LogP contribution in [0.25, 0.3) is 0 Å². The maximum atomic E-state index is 13.3. The average molecular weight is 473 g/mol. The first-order valence-corrected chi connectivity index (χ1v) is 12.9. The Morgan fingerprint density at radius 2 is 1.94 bits per heavy atom. The van der Waals surface area contributed by atoms with Crippen molar-refractivity contribution in [2.45, 2.75) is 37.7 Å². The molecule has 3 N–H and O–H groups in total. The molecule has 0 spiro atoms. The van der Waals surface area contributed by atoms with Crippen LogP contribution in [0.4, 0.5) is 11.4 Å². The zero-order valence-corrected chi connectivity index (χ0v) is 20.0.